The third-order valence-electron chi connectivity index (χ3n) is 10.2. The Morgan fingerprint density at radius 3 is 0.500 bits per heavy atom. The second kappa shape index (κ2) is 143. The van der Waals surface area contributed by atoms with Gasteiger partial charge < -0.3 is 210 Å². The molecule has 0 aromatic rings. The number of halogens is 6. The van der Waals surface area contributed by atoms with Crippen LogP contribution in [0.1, 0.15) is 122 Å². The van der Waals surface area contributed by atoms with E-state index in [0.717, 1.165) is 84.8 Å². The van der Waals surface area contributed by atoms with Gasteiger partial charge in [0.2, 0.25) is 0 Å². The maximum Gasteiger partial charge on any atom is 0.362 e. The number of alkyl halides is 4. The highest BCUT2D eigenvalue weighted by atomic mass is 79.9. The molecule has 0 amide bonds. The number of carbonyl (C=O) groups is 21. The van der Waals surface area contributed by atoms with Crippen molar-refractivity contribution in [2.45, 2.75) is 128 Å². The first kappa shape index (κ1) is 164. The topological polar surface area (TPSA) is 1130 Å². The lowest BCUT2D eigenvalue weighted by Gasteiger charge is -1.99. The Bertz CT molecular complexity index is 2780. The largest absolute Gasteiger partial charge is 0.549 e. The van der Waals surface area contributed by atoms with Crippen molar-refractivity contribution in [3.8, 4) is 0 Å². The molecular formula is C72H133Br4Cl2N12O42+5. The smallest absolute Gasteiger partial charge is 0.362 e. The number of rotatable bonds is 46. The van der Waals surface area contributed by atoms with Gasteiger partial charge >= 0.3 is 83.6 Å². The Labute approximate surface area is 800 Å². The number of unbranched alkanes of at least 4 members (excludes halogenated alkanes) is 13. The summed E-state index contributed by atoms with van der Waals surface area (Å²) >= 11 is 19.8. The molecule has 0 aliphatic carbocycles. The molecule has 0 heterocycles. The molecular weight excluding hydrogens is 2100 g/mol. The monoisotopic (exact) mass is 2220 g/mol. The number of hydrogen-bond donors (Lipinski definition) is 26. The van der Waals surface area contributed by atoms with Gasteiger partial charge in [-0.2, -0.15) is 0 Å². The van der Waals surface area contributed by atoms with Crippen molar-refractivity contribution in [2.24, 2.45) is 0 Å². The highest BCUT2D eigenvalue weighted by Crippen LogP contribution is 2.03. The maximum atomic E-state index is 10.2. The van der Waals surface area contributed by atoms with Crippen LogP contribution < -0.4 is 105 Å². The summed E-state index contributed by atoms with van der Waals surface area (Å²) in [4.78, 5) is 200. The van der Waals surface area contributed by atoms with Crippen molar-refractivity contribution in [1.29, 1.82) is 0 Å². The molecule has 132 heavy (non-hydrogen) atoms. The molecule has 0 aromatic heterocycles. The average molecular weight is 2230 g/mol. The SMILES string of the molecule is O=C(O)/C=C(/Br)C(=O)O.O=C(O)/C=C(/Br)C(=O)[O-].O=C(O)/C=C\C(=O)O.O=C(O)/C=C\C(=O)O.O=C(O)CBr.O=C(O)CCl.O=C([O-])/C=C\C(=O)O.O=C([O-])/C=C\C(=O)O.O=C([O-])/C=C\C(=O)O.O=C([O-])/C=C\C(=O)O.O=C([O-])CBr.O=C([O-])CCl.[NH3+]CCCCCC[NH3+].[NH3+]CCCCCC[NH3+].[NH3+]CCCCCC[NH3+].[NH3+]CCCCCC[NH3+].[NH3+]CCCC[C@H]([NH3+])C(=O)O.[NH3+]CC[NH3+]. The summed E-state index contributed by atoms with van der Waals surface area (Å²) < 4.78 is -0.843. The van der Waals surface area contributed by atoms with Crippen LogP contribution in [-0.4, -0.2) is 297 Å². The second-order valence-corrected chi connectivity index (χ2v) is 25.2. The van der Waals surface area contributed by atoms with Crippen molar-refractivity contribution >= 4 is 212 Å². The van der Waals surface area contributed by atoms with Crippen molar-refractivity contribution in [3.63, 3.8) is 0 Å². The van der Waals surface area contributed by atoms with E-state index in [2.05, 4.69) is 144 Å². The van der Waals surface area contributed by atoms with Gasteiger partial charge in [0.25, 0.3) is 0 Å². The Hall–Kier alpha value is -11.2. The zero-order chi connectivity index (χ0) is 108. The van der Waals surface area contributed by atoms with Gasteiger partial charge in [-0.05, 0) is 172 Å². The molecule has 50 N–H and O–H groups in total. The first-order chi connectivity index (χ1) is 61.2. The van der Waals surface area contributed by atoms with Crippen LogP contribution in [-0.2, 0) is 101 Å². The normalized spacial score (nSPS) is 9.65. The second-order valence-electron chi connectivity index (χ2n) is 21.9. The fraction of sp³-hybridized carbons (Fsp3) is 0.486. The van der Waals surface area contributed by atoms with E-state index in [-0.39, 0.29) is 21.0 Å². The summed E-state index contributed by atoms with van der Waals surface area (Å²) in [6.07, 6.45) is 30.7. The van der Waals surface area contributed by atoms with Gasteiger partial charge in [-0.15, -0.1) is 23.2 Å². The lowest BCUT2D eigenvalue weighted by atomic mass is 10.1. The zero-order valence-corrected chi connectivity index (χ0v) is 80.5. The van der Waals surface area contributed by atoms with Gasteiger partial charge in [0.05, 0.1) is 107 Å². The Morgan fingerprint density at radius 1 is 0.258 bits per heavy atom. The molecule has 0 spiro atoms. The van der Waals surface area contributed by atoms with E-state index in [1.165, 1.54) is 103 Å². The molecule has 0 aliphatic heterocycles. The molecule has 54 nitrogen and oxygen atoms in total. The van der Waals surface area contributed by atoms with E-state index in [0.29, 0.717) is 91.5 Å². The molecule has 1 atom stereocenters. The number of carboxylic acid groups (broad SMARTS) is 21. The minimum atomic E-state index is -1.54. The van der Waals surface area contributed by atoms with E-state index in [4.69, 9.17) is 93.0 Å². The molecule has 0 aromatic carbocycles. The van der Waals surface area contributed by atoms with Crippen LogP contribution in [0.2, 0.25) is 0 Å². The van der Waals surface area contributed by atoms with Crippen LogP contribution in [0, 0.1) is 0 Å². The van der Waals surface area contributed by atoms with E-state index < -0.39 is 142 Å². The van der Waals surface area contributed by atoms with Gasteiger partial charge in [0.1, 0.15) is 28.8 Å². The summed E-state index contributed by atoms with van der Waals surface area (Å²) in [6.45, 7) is 11.6. The van der Waals surface area contributed by atoms with Gasteiger partial charge in [0.15, 0.2) is 6.04 Å². The van der Waals surface area contributed by atoms with Crippen LogP contribution in [0.3, 0.4) is 0 Å². The van der Waals surface area contributed by atoms with E-state index >= 15 is 0 Å². The molecule has 0 saturated heterocycles. The third-order valence-corrected chi connectivity index (χ3v) is 12.7. The Morgan fingerprint density at radius 2 is 0.424 bits per heavy atom. The van der Waals surface area contributed by atoms with E-state index in [9.17, 15) is 127 Å². The molecule has 60 heteroatoms. The number of carboxylic acids is 21. The molecule has 0 rings (SSSR count). The molecule has 0 aliphatic rings. The summed E-state index contributed by atoms with van der Waals surface area (Å²) in [6, 6.07) is -0.438. The van der Waals surface area contributed by atoms with Crippen LogP contribution in [0.4, 0.5) is 0 Å². The van der Waals surface area contributed by atoms with Gasteiger partial charge in [-0.1, -0.05) is 31.9 Å². The maximum absolute atomic E-state index is 10.2. The molecule has 0 fully saturated rings. The van der Waals surface area contributed by atoms with Gasteiger partial charge in [-0.25, -0.2) is 57.5 Å². The summed E-state index contributed by atoms with van der Waals surface area (Å²) in [5, 5.41) is 176. The predicted octanol–water partition coefficient (Wildman–Crippen LogP) is -17.0. The summed E-state index contributed by atoms with van der Waals surface area (Å²) in [5.41, 5.74) is 44.4. The van der Waals surface area contributed by atoms with Gasteiger partial charge in [-0.3, -0.25) is 9.59 Å². The highest BCUT2D eigenvalue weighted by molar-refractivity contribution is 9.12. The van der Waals surface area contributed by atoms with Crippen LogP contribution >= 0.6 is 86.9 Å². The van der Waals surface area contributed by atoms with Crippen molar-refractivity contribution in [3.05, 3.63) is 94.0 Å². The van der Waals surface area contributed by atoms with Crippen molar-refractivity contribution in [2.75, 3.05) is 94.4 Å². The zero-order valence-electron chi connectivity index (χ0n) is 72.6. The summed E-state index contributed by atoms with van der Waals surface area (Å²) in [5.74, 6) is -27.3. The average Bonchev–Trinajstić information content (AvgIpc) is 1.000. The molecule has 770 valence electrons. The first-order valence-corrected chi connectivity index (χ1v) is 42.3. The van der Waals surface area contributed by atoms with E-state index in [1.54, 1.807) is 0 Å². The third kappa shape index (κ3) is 311. The quantitative estimate of drug-likeness (QED) is 0.0153. The van der Waals surface area contributed by atoms with Crippen molar-refractivity contribution in [1.82, 2.24) is 0 Å². The fourth-order valence-electron chi connectivity index (χ4n) is 4.70. The minimum Gasteiger partial charge on any atom is -0.549 e. The number of hydrogen-bond acceptors (Lipinski definition) is 28. The summed E-state index contributed by atoms with van der Waals surface area (Å²) in [7, 11) is 0. The Balaban J connectivity index is -0.0000000654. The predicted molar refractivity (Wildman–Crippen MR) is 460 cm³/mol. The van der Waals surface area contributed by atoms with Crippen LogP contribution in [0.25, 0.3) is 0 Å². The molecule has 0 radical (unpaired) electrons. The number of aliphatic carboxylic acids is 21. The van der Waals surface area contributed by atoms with Crippen LogP contribution in [0.5, 0.6) is 0 Å². The molecule has 0 saturated carbocycles. The van der Waals surface area contributed by atoms with Crippen LogP contribution in [0.15, 0.2) is 94.0 Å². The minimum absolute atomic E-state index is 0.0347. The Kier molecular flexibility index (Phi) is 178. The molecule has 0 unspecified atom stereocenters. The number of quaternary nitrogens is 12. The standard InChI is InChI=1S/C6H14N2O2.4C6H16N2.2C4H3BrO4.6C4H4O4.2C2H3BrO2.2C2H3ClO2.C2H8N2/c7-4-2-1-3-5(8)6(9)10;4*7-5-3-1-2-4-6-8;2*5-2(4(8)9)1-3(6)7;6*5-3(6)1-2-4(7)8;4*3-1-2(4)5;3-1-2-4/h5H,1-4,7-8H2,(H,9,10);4*1-8H2;2*1H,(H,6,7)(H,8,9);6*1-2H,(H,5,6)(H,7,8);4*1H2,(H,4,5);1-4H2/p+5/b;;;;;2*2-1+;6*2-1-;;;;;/t5-;;;;;;;;;;;;;;;;;/m0................./s1. The van der Waals surface area contributed by atoms with E-state index in [1.807, 2.05) is 0 Å². The van der Waals surface area contributed by atoms with Crippen molar-refractivity contribution < 1.29 is 277 Å². The number of carbonyl (C=O) groups excluding carboxylic acids is 7. The highest BCUT2D eigenvalue weighted by Gasteiger charge is 2.14. The lowest BCUT2D eigenvalue weighted by Crippen LogP contribution is -2.64. The fourth-order valence-corrected chi connectivity index (χ4v) is 5.09. The lowest BCUT2D eigenvalue weighted by molar-refractivity contribution is -0.453. The van der Waals surface area contributed by atoms with Gasteiger partial charge in [0, 0.05) is 77.0 Å². The molecule has 0 bridgehead atoms. The first-order valence-electron chi connectivity index (χ1n) is 37.4.